The molecule has 1 fully saturated rings. The lowest BCUT2D eigenvalue weighted by molar-refractivity contribution is 0.273. The van der Waals surface area contributed by atoms with Gasteiger partial charge < -0.3 is 10.3 Å². The first kappa shape index (κ1) is 12.9. The fourth-order valence-electron chi connectivity index (χ4n) is 3.22. The van der Waals surface area contributed by atoms with Gasteiger partial charge in [-0.05, 0) is 50.6 Å². The predicted molar refractivity (Wildman–Crippen MR) is 79.8 cm³/mol. The zero-order valence-corrected chi connectivity index (χ0v) is 12.1. The molecular weight excluding hydrogens is 258 g/mol. The third kappa shape index (κ3) is 2.37. The third-order valence-electron chi connectivity index (χ3n) is 4.24. The van der Waals surface area contributed by atoms with Crippen LogP contribution in [0, 0.1) is 0 Å². The predicted octanol–water partition coefficient (Wildman–Crippen LogP) is 3.64. The van der Waals surface area contributed by atoms with Crippen LogP contribution in [0.2, 0.25) is 5.02 Å². The fourth-order valence-corrected chi connectivity index (χ4v) is 3.39. The number of nitrogens with zero attached hydrogens (tertiary/aromatic N) is 1. The van der Waals surface area contributed by atoms with Gasteiger partial charge in [-0.1, -0.05) is 24.9 Å². The van der Waals surface area contributed by atoms with Gasteiger partial charge in [-0.2, -0.15) is 0 Å². The molecule has 1 aliphatic heterocycles. The molecule has 0 radical (unpaired) electrons. The number of nitrogens with one attached hydrogen (secondary N) is 2. The molecule has 19 heavy (non-hydrogen) atoms. The number of halogens is 1. The zero-order valence-electron chi connectivity index (χ0n) is 11.3. The number of hydrogen-bond acceptors (Lipinski definition) is 2. The average molecular weight is 278 g/mol. The molecule has 0 spiro atoms. The maximum atomic E-state index is 6.05. The number of piperidine rings is 1. The Hall–Kier alpha value is -1.06. The number of H-pyrrole nitrogens is 1. The molecule has 2 heterocycles. The molecule has 3 rings (SSSR count). The van der Waals surface area contributed by atoms with Crippen LogP contribution in [0.5, 0.6) is 0 Å². The summed E-state index contributed by atoms with van der Waals surface area (Å²) in [6.45, 7) is 4.42. The summed E-state index contributed by atoms with van der Waals surface area (Å²) in [6.07, 6.45) is 4.71. The van der Waals surface area contributed by atoms with Crippen molar-refractivity contribution in [2.45, 2.75) is 38.0 Å². The van der Waals surface area contributed by atoms with E-state index < -0.39 is 0 Å². The lowest BCUT2D eigenvalue weighted by atomic mass is 9.75. The maximum Gasteiger partial charge on any atom is 0.113 e. The third-order valence-corrected chi connectivity index (χ3v) is 4.47. The molecule has 2 N–H and O–H groups in total. The molecule has 1 aliphatic rings. The Balaban J connectivity index is 2.04. The smallest absolute Gasteiger partial charge is 0.113 e. The quantitative estimate of drug-likeness (QED) is 0.899. The average Bonchev–Trinajstić information content (AvgIpc) is 2.83. The highest BCUT2D eigenvalue weighted by Crippen LogP contribution is 2.37. The van der Waals surface area contributed by atoms with Crippen LogP contribution < -0.4 is 5.32 Å². The van der Waals surface area contributed by atoms with Crippen LogP contribution >= 0.6 is 11.6 Å². The minimum absolute atomic E-state index is 0.214. The van der Waals surface area contributed by atoms with Crippen molar-refractivity contribution in [1.29, 1.82) is 0 Å². The number of rotatable bonds is 3. The molecule has 0 aliphatic carbocycles. The van der Waals surface area contributed by atoms with Gasteiger partial charge in [0, 0.05) is 10.4 Å². The molecule has 1 saturated heterocycles. The van der Waals surface area contributed by atoms with Crippen molar-refractivity contribution in [3.63, 3.8) is 0 Å². The minimum Gasteiger partial charge on any atom is -0.341 e. The Kier molecular flexibility index (Phi) is 3.50. The van der Waals surface area contributed by atoms with Gasteiger partial charge in [0.2, 0.25) is 0 Å². The Morgan fingerprint density at radius 2 is 2.11 bits per heavy atom. The van der Waals surface area contributed by atoms with E-state index in [0.717, 1.165) is 47.8 Å². The number of hydrogen-bond donors (Lipinski definition) is 2. The SMILES string of the molecule is CCCC1(c2nc3ccc(Cl)cc3[nH]2)CCNCC1. The summed E-state index contributed by atoms with van der Waals surface area (Å²) in [7, 11) is 0. The van der Waals surface area contributed by atoms with E-state index in [1.54, 1.807) is 0 Å². The molecule has 1 aromatic heterocycles. The highest BCUT2D eigenvalue weighted by atomic mass is 35.5. The standard InChI is InChI=1S/C15H20ClN3/c1-2-5-15(6-8-17-9-7-15)14-18-12-4-3-11(16)10-13(12)19-14/h3-4,10,17H,2,5-9H2,1H3,(H,18,19). The molecule has 0 unspecified atom stereocenters. The summed E-state index contributed by atoms with van der Waals surface area (Å²) in [6, 6.07) is 5.87. The normalized spacial score (nSPS) is 18.8. The van der Waals surface area contributed by atoms with Crippen molar-refractivity contribution >= 4 is 22.6 Å². The van der Waals surface area contributed by atoms with Crippen LogP contribution in [0.3, 0.4) is 0 Å². The molecule has 0 saturated carbocycles. The summed E-state index contributed by atoms with van der Waals surface area (Å²) in [5.74, 6) is 1.15. The number of imidazole rings is 1. The Morgan fingerprint density at radius 3 is 2.84 bits per heavy atom. The summed E-state index contributed by atoms with van der Waals surface area (Å²) in [4.78, 5) is 8.33. The lowest BCUT2D eigenvalue weighted by Crippen LogP contribution is -2.40. The summed E-state index contributed by atoms with van der Waals surface area (Å²) in [5, 5.41) is 4.21. The minimum atomic E-state index is 0.214. The topological polar surface area (TPSA) is 40.7 Å². The second-order valence-corrected chi connectivity index (χ2v) is 5.96. The van der Waals surface area contributed by atoms with Crippen LogP contribution in [0.15, 0.2) is 18.2 Å². The van der Waals surface area contributed by atoms with Gasteiger partial charge in [-0.25, -0.2) is 4.98 Å². The molecule has 4 heteroatoms. The summed E-state index contributed by atoms with van der Waals surface area (Å²) in [5.41, 5.74) is 2.29. The van der Waals surface area contributed by atoms with Gasteiger partial charge in [-0.3, -0.25) is 0 Å². The number of fused-ring (bicyclic) bond motifs is 1. The van der Waals surface area contributed by atoms with Crippen molar-refractivity contribution in [2.24, 2.45) is 0 Å². The summed E-state index contributed by atoms with van der Waals surface area (Å²) < 4.78 is 0. The van der Waals surface area contributed by atoms with Crippen LogP contribution in [0.25, 0.3) is 11.0 Å². The second kappa shape index (κ2) is 5.14. The molecule has 3 nitrogen and oxygen atoms in total. The van der Waals surface area contributed by atoms with Crippen LogP contribution in [0.1, 0.15) is 38.4 Å². The van der Waals surface area contributed by atoms with Crippen molar-refractivity contribution in [1.82, 2.24) is 15.3 Å². The highest BCUT2D eigenvalue weighted by molar-refractivity contribution is 6.31. The molecule has 1 aromatic carbocycles. The van der Waals surface area contributed by atoms with E-state index in [-0.39, 0.29) is 5.41 Å². The lowest BCUT2D eigenvalue weighted by Gasteiger charge is -2.35. The molecule has 0 amide bonds. The number of aromatic amines is 1. The second-order valence-electron chi connectivity index (χ2n) is 5.53. The van der Waals surface area contributed by atoms with Gasteiger partial charge in [0.1, 0.15) is 5.82 Å². The van der Waals surface area contributed by atoms with Crippen LogP contribution in [-0.4, -0.2) is 23.1 Å². The van der Waals surface area contributed by atoms with E-state index in [1.165, 1.54) is 12.8 Å². The van der Waals surface area contributed by atoms with E-state index in [1.807, 2.05) is 18.2 Å². The molecular formula is C15H20ClN3. The van der Waals surface area contributed by atoms with Crippen molar-refractivity contribution in [2.75, 3.05) is 13.1 Å². The van der Waals surface area contributed by atoms with E-state index >= 15 is 0 Å². The van der Waals surface area contributed by atoms with E-state index in [4.69, 9.17) is 16.6 Å². The van der Waals surface area contributed by atoms with E-state index in [0.29, 0.717) is 0 Å². The number of benzene rings is 1. The van der Waals surface area contributed by atoms with E-state index in [9.17, 15) is 0 Å². The van der Waals surface area contributed by atoms with Crippen molar-refractivity contribution in [3.8, 4) is 0 Å². The Labute approximate surface area is 118 Å². The van der Waals surface area contributed by atoms with Crippen LogP contribution in [-0.2, 0) is 5.41 Å². The first-order chi connectivity index (χ1) is 9.23. The monoisotopic (exact) mass is 277 g/mol. The summed E-state index contributed by atoms with van der Waals surface area (Å²) >= 11 is 6.05. The van der Waals surface area contributed by atoms with Crippen LogP contribution in [0.4, 0.5) is 0 Å². The highest BCUT2D eigenvalue weighted by Gasteiger charge is 2.35. The zero-order chi connectivity index (χ0) is 13.3. The Bertz CT molecular complexity index is 564. The molecule has 102 valence electrons. The van der Waals surface area contributed by atoms with Crippen molar-refractivity contribution in [3.05, 3.63) is 29.0 Å². The van der Waals surface area contributed by atoms with Gasteiger partial charge in [0.05, 0.1) is 11.0 Å². The first-order valence-electron chi connectivity index (χ1n) is 7.10. The largest absolute Gasteiger partial charge is 0.341 e. The van der Waals surface area contributed by atoms with Gasteiger partial charge in [0.25, 0.3) is 0 Å². The number of aromatic nitrogens is 2. The van der Waals surface area contributed by atoms with Gasteiger partial charge in [-0.15, -0.1) is 0 Å². The van der Waals surface area contributed by atoms with Gasteiger partial charge >= 0.3 is 0 Å². The van der Waals surface area contributed by atoms with Crippen molar-refractivity contribution < 1.29 is 0 Å². The van der Waals surface area contributed by atoms with Gasteiger partial charge in [0.15, 0.2) is 0 Å². The molecule has 0 bridgehead atoms. The fraction of sp³-hybridized carbons (Fsp3) is 0.533. The molecule has 2 aromatic rings. The Morgan fingerprint density at radius 1 is 1.32 bits per heavy atom. The van der Waals surface area contributed by atoms with E-state index in [2.05, 4.69) is 17.2 Å². The maximum absolute atomic E-state index is 6.05. The first-order valence-corrected chi connectivity index (χ1v) is 7.48. The molecule has 0 atom stereocenters.